The summed E-state index contributed by atoms with van der Waals surface area (Å²) in [5.74, 6) is 0. The SMILES string of the molecule is C=C/C=C\CCCCCC1(CCCCCC=C)CCCC2=C(CCC1)CC(C=C)=C(/C=C\C=C)NC2. The number of nitrogens with one attached hydrogen (secondary N) is 1. The summed E-state index contributed by atoms with van der Waals surface area (Å²) in [5, 5.41) is 3.72. The van der Waals surface area contributed by atoms with Crippen molar-refractivity contribution in [3.63, 3.8) is 0 Å². The van der Waals surface area contributed by atoms with Crippen molar-refractivity contribution in [3.8, 4) is 0 Å². The van der Waals surface area contributed by atoms with E-state index in [1.807, 2.05) is 18.2 Å². The topological polar surface area (TPSA) is 12.0 Å². The molecule has 198 valence electrons. The maximum absolute atomic E-state index is 4.13. The van der Waals surface area contributed by atoms with Crippen molar-refractivity contribution >= 4 is 0 Å². The van der Waals surface area contributed by atoms with Gasteiger partial charge in [0.15, 0.2) is 0 Å². The maximum atomic E-state index is 4.13. The number of unbranched alkanes of at least 4 members (excludes halogenated alkanes) is 6. The van der Waals surface area contributed by atoms with Gasteiger partial charge >= 0.3 is 0 Å². The first-order chi connectivity index (χ1) is 17.7. The monoisotopic (exact) mass is 487 g/mol. The van der Waals surface area contributed by atoms with Gasteiger partial charge in [-0.15, -0.1) is 6.58 Å². The molecular weight excluding hydrogens is 434 g/mol. The smallest absolute Gasteiger partial charge is 0.0378 e. The second kappa shape index (κ2) is 18.0. The summed E-state index contributed by atoms with van der Waals surface area (Å²) in [6.45, 7) is 16.6. The highest BCUT2D eigenvalue weighted by molar-refractivity contribution is 5.39. The van der Waals surface area contributed by atoms with Crippen LogP contribution in [0.1, 0.15) is 109 Å². The molecule has 2 rings (SSSR count). The highest BCUT2D eigenvalue weighted by atomic mass is 14.9. The van der Waals surface area contributed by atoms with Crippen LogP contribution in [-0.4, -0.2) is 6.54 Å². The zero-order valence-corrected chi connectivity index (χ0v) is 23.2. The van der Waals surface area contributed by atoms with Crippen LogP contribution >= 0.6 is 0 Å². The zero-order chi connectivity index (χ0) is 25.9. The molecule has 0 aromatic heterocycles. The Morgan fingerprint density at radius 3 is 2.06 bits per heavy atom. The predicted molar refractivity (Wildman–Crippen MR) is 162 cm³/mol. The normalized spacial score (nSPS) is 21.3. The Bertz CT molecular complexity index is 818. The molecule has 1 aliphatic carbocycles. The van der Waals surface area contributed by atoms with Crippen molar-refractivity contribution in [3.05, 3.63) is 97.3 Å². The van der Waals surface area contributed by atoms with Crippen molar-refractivity contribution in [1.29, 1.82) is 0 Å². The van der Waals surface area contributed by atoms with Crippen LogP contribution in [0, 0.1) is 5.41 Å². The van der Waals surface area contributed by atoms with Crippen LogP contribution in [0.15, 0.2) is 97.3 Å². The Morgan fingerprint density at radius 1 is 0.750 bits per heavy atom. The lowest BCUT2D eigenvalue weighted by Gasteiger charge is -2.35. The largest absolute Gasteiger partial charge is 0.381 e. The average Bonchev–Trinajstić information content (AvgIpc) is 3.00. The van der Waals surface area contributed by atoms with E-state index in [-0.39, 0.29) is 0 Å². The Kier molecular flexibility index (Phi) is 15.0. The zero-order valence-electron chi connectivity index (χ0n) is 23.2. The van der Waals surface area contributed by atoms with Gasteiger partial charge in [-0.2, -0.15) is 0 Å². The summed E-state index contributed by atoms with van der Waals surface area (Å²) in [5.41, 5.74) is 6.42. The molecule has 1 nitrogen and oxygen atoms in total. The van der Waals surface area contributed by atoms with Crippen molar-refractivity contribution in [2.75, 3.05) is 6.54 Å². The molecule has 0 aromatic rings. The molecule has 1 aliphatic heterocycles. The molecule has 0 saturated heterocycles. The van der Waals surface area contributed by atoms with Crippen molar-refractivity contribution < 1.29 is 0 Å². The van der Waals surface area contributed by atoms with Gasteiger partial charge in [0.25, 0.3) is 0 Å². The molecule has 1 heterocycles. The quantitative estimate of drug-likeness (QED) is 0.130. The fourth-order valence-corrected chi connectivity index (χ4v) is 6.13. The average molecular weight is 488 g/mol. The van der Waals surface area contributed by atoms with E-state index >= 15 is 0 Å². The molecule has 0 radical (unpaired) electrons. The lowest BCUT2D eigenvalue weighted by molar-refractivity contribution is 0.177. The first-order valence-corrected chi connectivity index (χ1v) is 14.6. The van der Waals surface area contributed by atoms with Gasteiger partial charge in [-0.3, -0.25) is 0 Å². The van der Waals surface area contributed by atoms with Gasteiger partial charge in [-0.25, -0.2) is 0 Å². The van der Waals surface area contributed by atoms with Crippen LogP contribution in [0.5, 0.6) is 0 Å². The van der Waals surface area contributed by atoms with Gasteiger partial charge in [0, 0.05) is 12.2 Å². The van der Waals surface area contributed by atoms with Crippen LogP contribution in [0.2, 0.25) is 0 Å². The molecule has 2 aliphatic rings. The van der Waals surface area contributed by atoms with Crippen LogP contribution in [0.3, 0.4) is 0 Å². The Hall–Kier alpha value is -2.28. The molecule has 0 spiro atoms. The van der Waals surface area contributed by atoms with Gasteiger partial charge in [-0.1, -0.05) is 99.1 Å². The summed E-state index contributed by atoms with van der Waals surface area (Å²) in [7, 11) is 0. The third kappa shape index (κ3) is 10.8. The molecule has 1 N–H and O–H groups in total. The lowest BCUT2D eigenvalue weighted by atomic mass is 9.71. The third-order valence-corrected chi connectivity index (χ3v) is 8.22. The number of allylic oxidation sites excluding steroid dienone is 10. The summed E-state index contributed by atoms with van der Waals surface area (Å²) in [6, 6.07) is 0. The molecule has 0 amide bonds. The van der Waals surface area contributed by atoms with Crippen LogP contribution in [0.4, 0.5) is 0 Å². The molecular formula is C35H53N. The van der Waals surface area contributed by atoms with Crippen LogP contribution in [-0.2, 0) is 0 Å². The van der Waals surface area contributed by atoms with Crippen molar-refractivity contribution in [1.82, 2.24) is 5.32 Å². The van der Waals surface area contributed by atoms with Crippen molar-refractivity contribution in [2.24, 2.45) is 5.41 Å². The van der Waals surface area contributed by atoms with Gasteiger partial charge in [0.1, 0.15) is 0 Å². The third-order valence-electron chi connectivity index (χ3n) is 8.22. The molecule has 36 heavy (non-hydrogen) atoms. The second-order valence-corrected chi connectivity index (χ2v) is 10.8. The summed E-state index contributed by atoms with van der Waals surface area (Å²) < 4.78 is 0. The molecule has 1 unspecified atom stereocenters. The van der Waals surface area contributed by atoms with E-state index in [2.05, 4.69) is 62.0 Å². The highest BCUT2D eigenvalue weighted by Crippen LogP contribution is 2.44. The van der Waals surface area contributed by atoms with E-state index in [4.69, 9.17) is 0 Å². The molecule has 0 aromatic carbocycles. The summed E-state index contributed by atoms with van der Waals surface area (Å²) in [6.07, 6.45) is 38.6. The Morgan fingerprint density at radius 2 is 1.42 bits per heavy atom. The van der Waals surface area contributed by atoms with Gasteiger partial charge in [0.05, 0.1) is 0 Å². The second-order valence-electron chi connectivity index (χ2n) is 10.8. The molecule has 1 atom stereocenters. The molecule has 0 bridgehead atoms. The minimum absolute atomic E-state index is 0.540. The van der Waals surface area contributed by atoms with E-state index in [9.17, 15) is 0 Å². The van der Waals surface area contributed by atoms with E-state index in [1.54, 1.807) is 11.1 Å². The molecule has 0 saturated carbocycles. The number of hydrogen-bond donors (Lipinski definition) is 1. The fraction of sp³-hybridized carbons (Fsp3) is 0.543. The van der Waals surface area contributed by atoms with Crippen LogP contribution < -0.4 is 5.32 Å². The standard InChI is InChI=1S/C35H53N/c1-5-9-12-14-15-17-19-26-35(25-18-16-13-10-6-2)27-20-22-32-29-31(8-4)34(24-11-7-3)36-30-33(32)23-21-28-35/h5-9,11-12,24,36H,1-4,10,13-23,25-30H2/b12-9-,24-11-. The first-order valence-electron chi connectivity index (χ1n) is 14.6. The van der Waals surface area contributed by atoms with E-state index < -0.39 is 0 Å². The maximum Gasteiger partial charge on any atom is 0.0378 e. The summed E-state index contributed by atoms with van der Waals surface area (Å²) in [4.78, 5) is 0. The number of rotatable bonds is 16. The summed E-state index contributed by atoms with van der Waals surface area (Å²) >= 11 is 0. The minimum Gasteiger partial charge on any atom is -0.381 e. The molecule has 0 fully saturated rings. The first kappa shape index (κ1) is 29.9. The lowest BCUT2D eigenvalue weighted by Crippen LogP contribution is -2.21. The molecule has 1 heteroatoms. The van der Waals surface area contributed by atoms with Crippen molar-refractivity contribution in [2.45, 2.75) is 109 Å². The van der Waals surface area contributed by atoms with Gasteiger partial charge in [-0.05, 0) is 101 Å². The van der Waals surface area contributed by atoms with Gasteiger partial charge in [0.2, 0.25) is 0 Å². The predicted octanol–water partition coefficient (Wildman–Crippen LogP) is 10.6. The Balaban J connectivity index is 2.04. The van der Waals surface area contributed by atoms with E-state index in [1.165, 1.54) is 108 Å². The van der Waals surface area contributed by atoms with E-state index in [0.29, 0.717) is 5.41 Å². The van der Waals surface area contributed by atoms with Gasteiger partial charge < -0.3 is 5.32 Å². The van der Waals surface area contributed by atoms with Crippen LogP contribution in [0.25, 0.3) is 0 Å². The fourth-order valence-electron chi connectivity index (χ4n) is 6.13. The minimum atomic E-state index is 0.540. The Labute approximate surface area is 223 Å². The highest BCUT2D eigenvalue weighted by Gasteiger charge is 2.30. The van der Waals surface area contributed by atoms with E-state index in [0.717, 1.165) is 19.4 Å². The number of hydrogen-bond acceptors (Lipinski definition) is 1.